The van der Waals surface area contributed by atoms with Crippen LogP contribution in [0.4, 0.5) is 0 Å². The molecule has 5 nitrogen and oxygen atoms in total. The van der Waals surface area contributed by atoms with Gasteiger partial charge in [-0.15, -0.1) is 0 Å². The van der Waals surface area contributed by atoms with Crippen LogP contribution in [0.25, 0.3) is 0 Å². The van der Waals surface area contributed by atoms with Gasteiger partial charge in [-0.1, -0.05) is 13.0 Å². The quantitative estimate of drug-likeness (QED) is 0.687. The molecule has 1 aromatic rings. The fourth-order valence-electron chi connectivity index (χ4n) is 2.47. The van der Waals surface area contributed by atoms with Gasteiger partial charge in [0, 0.05) is 12.8 Å². The van der Waals surface area contributed by atoms with Crippen molar-refractivity contribution in [2.45, 2.75) is 39.0 Å². The Morgan fingerprint density at radius 2 is 1.65 bits per heavy atom. The zero-order valence-electron chi connectivity index (χ0n) is 13.4. The Hall–Kier alpha value is -2.17. The van der Waals surface area contributed by atoms with Gasteiger partial charge in [-0.25, -0.2) is 9.59 Å². The summed E-state index contributed by atoms with van der Waals surface area (Å²) in [5.41, 5.74) is 0.653. The molecule has 0 radical (unpaired) electrons. The fourth-order valence-corrected chi connectivity index (χ4v) is 2.47. The van der Waals surface area contributed by atoms with E-state index in [1.807, 2.05) is 6.92 Å². The van der Waals surface area contributed by atoms with Crippen LogP contribution in [0.2, 0.25) is 0 Å². The van der Waals surface area contributed by atoms with Crippen LogP contribution in [-0.2, 0) is 14.3 Å². The molecule has 2 bridgehead atoms. The third kappa shape index (κ3) is 5.51. The third-order valence-corrected chi connectivity index (χ3v) is 3.74. The van der Waals surface area contributed by atoms with Gasteiger partial charge in [-0.3, -0.25) is 4.79 Å². The molecule has 0 saturated carbocycles. The summed E-state index contributed by atoms with van der Waals surface area (Å²) in [5, 5.41) is 0. The van der Waals surface area contributed by atoms with Crippen molar-refractivity contribution in [3.05, 3.63) is 35.4 Å². The summed E-state index contributed by atoms with van der Waals surface area (Å²) in [6.07, 6.45) is 3.31. The average molecular weight is 318 g/mol. The third-order valence-electron chi connectivity index (χ3n) is 3.74. The van der Waals surface area contributed by atoms with Crippen molar-refractivity contribution in [2.24, 2.45) is 5.92 Å². The maximum atomic E-state index is 12.0. The molecule has 1 aliphatic rings. The highest BCUT2D eigenvalue weighted by Crippen LogP contribution is 2.13. The fraction of sp³-hybridized carbons (Fsp3) is 0.500. The lowest BCUT2D eigenvalue weighted by Crippen LogP contribution is -2.16. The van der Waals surface area contributed by atoms with E-state index in [1.54, 1.807) is 18.2 Å². The number of rotatable bonds is 0. The molecule has 0 N–H and O–H groups in total. The molecule has 0 fully saturated rings. The number of hydrogen-bond acceptors (Lipinski definition) is 5. The Morgan fingerprint density at radius 1 is 0.957 bits per heavy atom. The maximum absolute atomic E-state index is 12.0. The van der Waals surface area contributed by atoms with Crippen LogP contribution in [-0.4, -0.2) is 30.9 Å². The van der Waals surface area contributed by atoms with Gasteiger partial charge < -0.3 is 9.47 Å². The maximum Gasteiger partial charge on any atom is 0.338 e. The number of cyclic esters (lactones) is 2. The molecule has 23 heavy (non-hydrogen) atoms. The second-order valence-corrected chi connectivity index (χ2v) is 5.97. The Bertz CT molecular complexity index is 579. The van der Waals surface area contributed by atoms with Crippen molar-refractivity contribution < 1.29 is 23.9 Å². The summed E-state index contributed by atoms with van der Waals surface area (Å²) in [4.78, 5) is 35.8. The molecule has 0 amide bonds. The highest BCUT2D eigenvalue weighted by Gasteiger charge is 2.16. The smallest absolute Gasteiger partial charge is 0.338 e. The van der Waals surface area contributed by atoms with Crippen molar-refractivity contribution in [1.82, 2.24) is 0 Å². The summed E-state index contributed by atoms with van der Waals surface area (Å²) >= 11 is 0. The SMILES string of the molecule is CC1COC(=O)c2cccc(c2)C(=O)OCCCCCC(=O)C1. The van der Waals surface area contributed by atoms with Gasteiger partial charge in [0.15, 0.2) is 0 Å². The molecule has 1 aliphatic heterocycles. The first-order valence-electron chi connectivity index (χ1n) is 8.02. The standard InChI is InChI=1S/C18H22O5/c1-13-10-16(19)8-3-2-4-9-22-17(20)14-6-5-7-15(11-14)18(21)23-12-13/h5-7,11,13H,2-4,8-10,12H2,1H3. The predicted octanol–water partition coefficient (Wildman–Crippen LogP) is 3.17. The lowest BCUT2D eigenvalue weighted by Gasteiger charge is -2.12. The molecule has 124 valence electrons. The van der Waals surface area contributed by atoms with E-state index in [1.165, 1.54) is 6.07 Å². The molecular formula is C18H22O5. The monoisotopic (exact) mass is 318 g/mol. The summed E-state index contributed by atoms with van der Waals surface area (Å²) in [6.45, 7) is 2.40. The first-order chi connectivity index (χ1) is 11.1. The van der Waals surface area contributed by atoms with Crippen LogP contribution in [0, 0.1) is 5.92 Å². The first-order valence-corrected chi connectivity index (χ1v) is 8.02. The summed E-state index contributed by atoms with van der Waals surface area (Å²) < 4.78 is 10.4. The van der Waals surface area contributed by atoms with E-state index in [0.29, 0.717) is 30.6 Å². The zero-order chi connectivity index (χ0) is 16.7. The van der Waals surface area contributed by atoms with Crippen LogP contribution >= 0.6 is 0 Å². The number of benzene rings is 1. The average Bonchev–Trinajstić information content (AvgIpc) is 2.54. The predicted molar refractivity (Wildman–Crippen MR) is 84.3 cm³/mol. The Balaban J connectivity index is 2.10. The summed E-state index contributed by atoms with van der Waals surface area (Å²) in [7, 11) is 0. The van der Waals surface area contributed by atoms with E-state index >= 15 is 0 Å². The lowest BCUT2D eigenvalue weighted by molar-refractivity contribution is -0.120. The van der Waals surface area contributed by atoms with Crippen LogP contribution in [0.1, 0.15) is 59.7 Å². The molecule has 0 aliphatic carbocycles. The first kappa shape index (κ1) is 17.2. The van der Waals surface area contributed by atoms with Gasteiger partial charge in [0.25, 0.3) is 0 Å². The van der Waals surface area contributed by atoms with Gasteiger partial charge in [0.2, 0.25) is 0 Å². The lowest BCUT2D eigenvalue weighted by atomic mass is 10.0. The minimum absolute atomic E-state index is 0.00694. The van der Waals surface area contributed by atoms with Crippen LogP contribution < -0.4 is 0 Å². The molecule has 2 rings (SSSR count). The molecule has 0 aromatic heterocycles. The van der Waals surface area contributed by atoms with E-state index in [2.05, 4.69) is 0 Å². The van der Waals surface area contributed by atoms with Gasteiger partial charge in [-0.05, 0) is 43.4 Å². The zero-order valence-corrected chi connectivity index (χ0v) is 13.4. The van der Waals surface area contributed by atoms with Crippen molar-refractivity contribution >= 4 is 17.7 Å². The van der Waals surface area contributed by atoms with Crippen molar-refractivity contribution in [1.29, 1.82) is 0 Å². The van der Waals surface area contributed by atoms with Crippen molar-refractivity contribution in [2.75, 3.05) is 13.2 Å². The summed E-state index contributed by atoms with van der Waals surface area (Å²) in [6, 6.07) is 6.32. The van der Waals surface area contributed by atoms with E-state index in [-0.39, 0.29) is 18.3 Å². The second-order valence-electron chi connectivity index (χ2n) is 5.97. The van der Waals surface area contributed by atoms with Gasteiger partial charge in [0.1, 0.15) is 5.78 Å². The molecule has 0 spiro atoms. The largest absolute Gasteiger partial charge is 0.462 e. The molecule has 5 heteroatoms. The second kappa shape index (κ2) is 8.46. The van der Waals surface area contributed by atoms with Gasteiger partial charge in [0.05, 0.1) is 24.3 Å². The van der Waals surface area contributed by atoms with Crippen molar-refractivity contribution in [3.8, 4) is 0 Å². The number of hydrogen-bond donors (Lipinski definition) is 0. The van der Waals surface area contributed by atoms with E-state index in [4.69, 9.17) is 9.47 Å². The van der Waals surface area contributed by atoms with Crippen LogP contribution in [0.5, 0.6) is 0 Å². The number of fused-ring (bicyclic) bond motifs is 2. The number of esters is 2. The minimum Gasteiger partial charge on any atom is -0.462 e. The summed E-state index contributed by atoms with van der Waals surface area (Å²) in [5.74, 6) is -0.769. The van der Waals surface area contributed by atoms with Gasteiger partial charge >= 0.3 is 11.9 Å². The Morgan fingerprint density at radius 3 is 2.39 bits per heavy atom. The number of ether oxygens (including phenoxy) is 2. The number of Topliss-reactive ketones (excluding diaryl/α,β-unsaturated/α-hetero) is 1. The number of carbonyl (C=O) groups excluding carboxylic acids is 3. The van der Waals surface area contributed by atoms with Crippen LogP contribution in [0.15, 0.2) is 24.3 Å². The highest BCUT2D eigenvalue weighted by molar-refractivity contribution is 5.95. The van der Waals surface area contributed by atoms with E-state index < -0.39 is 11.9 Å². The molecule has 1 aromatic carbocycles. The van der Waals surface area contributed by atoms with E-state index in [0.717, 1.165) is 19.3 Å². The molecule has 1 unspecified atom stereocenters. The number of carbonyl (C=O) groups is 3. The Labute approximate surface area is 136 Å². The van der Waals surface area contributed by atoms with E-state index in [9.17, 15) is 14.4 Å². The molecular weight excluding hydrogens is 296 g/mol. The topological polar surface area (TPSA) is 69.7 Å². The Kier molecular flexibility index (Phi) is 6.32. The minimum atomic E-state index is -0.494. The molecule has 0 saturated heterocycles. The van der Waals surface area contributed by atoms with Crippen molar-refractivity contribution in [3.63, 3.8) is 0 Å². The van der Waals surface area contributed by atoms with Gasteiger partial charge in [-0.2, -0.15) is 0 Å². The highest BCUT2D eigenvalue weighted by atomic mass is 16.5. The van der Waals surface area contributed by atoms with Crippen LogP contribution in [0.3, 0.4) is 0 Å². The molecule has 1 heterocycles. The molecule has 1 atom stereocenters. The number of ketones is 1. The normalized spacial score (nSPS) is 21.4.